The molecule has 0 radical (unpaired) electrons. The average molecular weight is 292 g/mol. The van der Waals surface area contributed by atoms with Crippen LogP contribution in [-0.4, -0.2) is 18.1 Å². The van der Waals surface area contributed by atoms with Gasteiger partial charge in [0.15, 0.2) is 5.75 Å². The Morgan fingerprint density at radius 2 is 2.19 bits per heavy atom. The van der Waals surface area contributed by atoms with Gasteiger partial charge in [-0.3, -0.25) is 10.1 Å². The van der Waals surface area contributed by atoms with Gasteiger partial charge >= 0.3 is 5.69 Å². The lowest BCUT2D eigenvalue weighted by atomic mass is 9.75. The maximum atomic E-state index is 11.1. The van der Waals surface area contributed by atoms with E-state index in [1.807, 2.05) is 6.07 Å². The fourth-order valence-electron chi connectivity index (χ4n) is 3.30. The fourth-order valence-corrected chi connectivity index (χ4v) is 3.30. The molecule has 3 atom stereocenters. The van der Waals surface area contributed by atoms with Crippen molar-refractivity contribution in [1.29, 1.82) is 0 Å². The van der Waals surface area contributed by atoms with Crippen molar-refractivity contribution in [3.8, 4) is 5.75 Å². The van der Waals surface area contributed by atoms with Gasteiger partial charge in [-0.15, -0.1) is 0 Å². The van der Waals surface area contributed by atoms with Crippen LogP contribution in [0.3, 0.4) is 0 Å². The third-order valence-electron chi connectivity index (χ3n) is 4.67. The summed E-state index contributed by atoms with van der Waals surface area (Å²) in [5.74, 6) is 1.46. The van der Waals surface area contributed by atoms with Gasteiger partial charge in [-0.25, -0.2) is 0 Å². The van der Waals surface area contributed by atoms with Gasteiger partial charge in [0.1, 0.15) is 0 Å². The summed E-state index contributed by atoms with van der Waals surface area (Å²) in [4.78, 5) is 10.7. The average Bonchev–Trinajstić information content (AvgIpc) is 2.49. The summed E-state index contributed by atoms with van der Waals surface area (Å²) in [6.45, 7) is 2.22. The summed E-state index contributed by atoms with van der Waals surface area (Å²) in [5, 5.41) is 11.1. The van der Waals surface area contributed by atoms with Crippen LogP contribution >= 0.6 is 0 Å². The Bertz CT molecular complexity index is 504. The lowest BCUT2D eigenvalue weighted by molar-refractivity contribution is -0.385. The Morgan fingerprint density at radius 3 is 2.81 bits per heavy atom. The molecule has 0 saturated heterocycles. The highest BCUT2D eigenvalue weighted by Gasteiger charge is 2.28. The van der Waals surface area contributed by atoms with Gasteiger partial charge in [0.2, 0.25) is 0 Å². The molecular formula is C16H24N2O3. The molecule has 3 unspecified atom stereocenters. The maximum absolute atomic E-state index is 11.1. The predicted molar refractivity (Wildman–Crippen MR) is 82.4 cm³/mol. The SMILES string of the molecule is CCC1CCC(N)C(Cc2ccc(OC)c([N+](=O)[O-])c2)C1. The number of nitrogens with zero attached hydrogens (tertiary/aromatic N) is 1. The van der Waals surface area contributed by atoms with Gasteiger partial charge in [0.05, 0.1) is 12.0 Å². The van der Waals surface area contributed by atoms with E-state index in [4.69, 9.17) is 10.5 Å². The lowest BCUT2D eigenvalue weighted by Gasteiger charge is -2.33. The first-order valence-corrected chi connectivity index (χ1v) is 7.62. The van der Waals surface area contributed by atoms with Gasteiger partial charge < -0.3 is 10.5 Å². The molecule has 0 aliphatic heterocycles. The molecule has 1 aromatic carbocycles. The monoisotopic (exact) mass is 292 g/mol. The molecule has 0 aromatic heterocycles. The van der Waals surface area contributed by atoms with Crippen LogP contribution in [0.1, 0.15) is 38.2 Å². The third kappa shape index (κ3) is 3.73. The molecule has 0 heterocycles. The van der Waals surface area contributed by atoms with Crippen molar-refractivity contribution in [1.82, 2.24) is 0 Å². The van der Waals surface area contributed by atoms with Crippen molar-refractivity contribution in [3.63, 3.8) is 0 Å². The first kappa shape index (κ1) is 15.8. The van der Waals surface area contributed by atoms with Crippen molar-refractivity contribution in [2.24, 2.45) is 17.6 Å². The van der Waals surface area contributed by atoms with Crippen LogP contribution in [0.5, 0.6) is 5.75 Å². The van der Waals surface area contributed by atoms with E-state index in [9.17, 15) is 10.1 Å². The molecule has 1 fully saturated rings. The number of benzene rings is 1. The van der Waals surface area contributed by atoms with E-state index in [1.54, 1.807) is 12.1 Å². The first-order chi connectivity index (χ1) is 10.0. The molecule has 2 N–H and O–H groups in total. The molecule has 116 valence electrons. The van der Waals surface area contributed by atoms with Gasteiger partial charge in [-0.1, -0.05) is 19.4 Å². The molecule has 21 heavy (non-hydrogen) atoms. The zero-order chi connectivity index (χ0) is 15.4. The summed E-state index contributed by atoms with van der Waals surface area (Å²) in [6.07, 6.45) is 5.38. The van der Waals surface area contributed by atoms with E-state index >= 15 is 0 Å². The van der Waals surface area contributed by atoms with Gasteiger partial charge in [-0.2, -0.15) is 0 Å². The molecular weight excluding hydrogens is 268 g/mol. The summed E-state index contributed by atoms with van der Waals surface area (Å²) < 4.78 is 5.04. The number of nitrogens with two attached hydrogens (primary N) is 1. The Morgan fingerprint density at radius 1 is 1.43 bits per heavy atom. The number of ether oxygens (including phenoxy) is 1. The highest BCUT2D eigenvalue weighted by Crippen LogP contribution is 2.34. The number of rotatable bonds is 5. The van der Waals surface area contributed by atoms with E-state index in [0.29, 0.717) is 11.7 Å². The Labute approximate surface area is 125 Å². The lowest BCUT2D eigenvalue weighted by Crippen LogP contribution is -2.37. The quantitative estimate of drug-likeness (QED) is 0.667. The second-order valence-electron chi connectivity index (χ2n) is 5.98. The number of methoxy groups -OCH3 is 1. The largest absolute Gasteiger partial charge is 0.490 e. The maximum Gasteiger partial charge on any atom is 0.311 e. The molecule has 5 heteroatoms. The summed E-state index contributed by atoms with van der Waals surface area (Å²) in [5.41, 5.74) is 7.24. The van der Waals surface area contributed by atoms with Crippen LogP contribution in [0.2, 0.25) is 0 Å². The smallest absolute Gasteiger partial charge is 0.311 e. The minimum atomic E-state index is -0.391. The molecule has 1 aliphatic carbocycles. The highest BCUT2D eigenvalue weighted by molar-refractivity contribution is 5.48. The first-order valence-electron chi connectivity index (χ1n) is 7.62. The van der Waals surface area contributed by atoms with E-state index < -0.39 is 4.92 Å². The number of nitro benzene ring substituents is 1. The van der Waals surface area contributed by atoms with E-state index in [2.05, 4.69) is 6.92 Å². The number of hydrogen-bond acceptors (Lipinski definition) is 4. The molecule has 1 saturated carbocycles. The molecule has 5 nitrogen and oxygen atoms in total. The summed E-state index contributed by atoms with van der Waals surface area (Å²) in [7, 11) is 1.45. The molecule has 0 bridgehead atoms. The van der Waals surface area contributed by atoms with Crippen molar-refractivity contribution < 1.29 is 9.66 Å². The minimum Gasteiger partial charge on any atom is -0.490 e. The minimum absolute atomic E-state index is 0.0337. The molecule has 1 aromatic rings. The standard InChI is InChI=1S/C16H24N2O3/c1-3-11-4-6-14(17)13(8-11)9-12-5-7-16(21-2)15(10-12)18(19)20/h5,7,10-11,13-14H,3-4,6,8-9,17H2,1-2H3. The predicted octanol–water partition coefficient (Wildman–Crippen LogP) is 3.30. The van der Waals surface area contributed by atoms with Crippen molar-refractivity contribution in [3.05, 3.63) is 33.9 Å². The topological polar surface area (TPSA) is 78.4 Å². The molecule has 1 aliphatic rings. The fraction of sp³-hybridized carbons (Fsp3) is 0.625. The molecule has 0 spiro atoms. The molecule has 2 rings (SSSR count). The highest BCUT2D eigenvalue weighted by atomic mass is 16.6. The second-order valence-corrected chi connectivity index (χ2v) is 5.98. The van der Waals surface area contributed by atoms with Crippen LogP contribution in [0.15, 0.2) is 18.2 Å². The van der Waals surface area contributed by atoms with Crippen molar-refractivity contribution >= 4 is 5.69 Å². The second kappa shape index (κ2) is 6.89. The Hall–Kier alpha value is -1.62. The van der Waals surface area contributed by atoms with Crippen LogP contribution in [0.4, 0.5) is 5.69 Å². The van der Waals surface area contributed by atoms with Crippen molar-refractivity contribution in [2.75, 3.05) is 7.11 Å². The number of hydrogen-bond donors (Lipinski definition) is 1. The normalized spacial score (nSPS) is 25.6. The zero-order valence-electron chi connectivity index (χ0n) is 12.7. The number of nitro groups is 1. The summed E-state index contributed by atoms with van der Waals surface area (Å²) >= 11 is 0. The van der Waals surface area contributed by atoms with Gasteiger partial charge in [-0.05, 0) is 49.1 Å². The zero-order valence-corrected chi connectivity index (χ0v) is 12.7. The van der Waals surface area contributed by atoms with Crippen LogP contribution in [0.25, 0.3) is 0 Å². The molecule has 0 amide bonds. The van der Waals surface area contributed by atoms with Crippen LogP contribution < -0.4 is 10.5 Å². The van der Waals surface area contributed by atoms with Gasteiger partial charge in [0, 0.05) is 12.1 Å². The van der Waals surface area contributed by atoms with Gasteiger partial charge in [0.25, 0.3) is 0 Å². The van der Waals surface area contributed by atoms with Crippen LogP contribution in [0, 0.1) is 22.0 Å². The van der Waals surface area contributed by atoms with Crippen molar-refractivity contribution in [2.45, 2.75) is 45.1 Å². The third-order valence-corrected chi connectivity index (χ3v) is 4.67. The van der Waals surface area contributed by atoms with E-state index in [-0.39, 0.29) is 11.7 Å². The Kier molecular flexibility index (Phi) is 5.17. The van der Waals surface area contributed by atoms with E-state index in [1.165, 1.54) is 20.0 Å². The van der Waals surface area contributed by atoms with Crippen LogP contribution in [-0.2, 0) is 6.42 Å². The Balaban J connectivity index is 2.15. The van der Waals surface area contributed by atoms with E-state index in [0.717, 1.165) is 30.7 Å². The summed E-state index contributed by atoms with van der Waals surface area (Å²) in [6, 6.07) is 5.42.